The van der Waals surface area contributed by atoms with Crippen molar-refractivity contribution < 1.29 is 4.42 Å². The molecule has 0 saturated heterocycles. The molecule has 0 aliphatic heterocycles. The molecule has 1 aromatic rings. The van der Waals surface area contributed by atoms with E-state index in [9.17, 15) is 0 Å². The Hall–Kier alpha value is -1.15. The summed E-state index contributed by atoms with van der Waals surface area (Å²) in [6, 6.07) is 1.85. The summed E-state index contributed by atoms with van der Waals surface area (Å²) in [5.74, 6) is 0.671. The van der Waals surface area contributed by atoms with E-state index in [1.54, 1.807) is 6.26 Å². The molecule has 0 aliphatic rings. The molecule has 92 valence electrons. The minimum Gasteiger partial charge on any atom is -0.464 e. The number of furan rings is 1. The molecule has 1 rings (SSSR count). The molecule has 0 saturated carbocycles. The molecule has 1 nitrogen and oxygen atoms in total. The summed E-state index contributed by atoms with van der Waals surface area (Å²) >= 11 is 4.57. The molecule has 1 aromatic heterocycles. The van der Waals surface area contributed by atoms with Gasteiger partial charge in [0, 0.05) is 10.1 Å². The fourth-order valence-corrected chi connectivity index (χ4v) is 2.07. The largest absolute Gasteiger partial charge is 0.464 e. The van der Waals surface area contributed by atoms with Crippen LogP contribution in [0.2, 0.25) is 0 Å². The molecule has 17 heavy (non-hydrogen) atoms. The molecule has 0 radical (unpaired) electrons. The van der Waals surface area contributed by atoms with Gasteiger partial charge in [-0.3, -0.25) is 0 Å². The van der Waals surface area contributed by atoms with Gasteiger partial charge in [-0.25, -0.2) is 0 Å². The molecule has 0 aliphatic carbocycles. The Labute approximate surface area is 109 Å². The van der Waals surface area contributed by atoms with Crippen LogP contribution in [-0.4, -0.2) is 0 Å². The summed E-state index contributed by atoms with van der Waals surface area (Å²) in [4.78, 5) is 0.945. The Balaban J connectivity index is 3.07. The maximum absolute atomic E-state index is 5.41. The van der Waals surface area contributed by atoms with Gasteiger partial charge in [0.05, 0.1) is 6.26 Å². The van der Waals surface area contributed by atoms with Crippen LogP contribution in [-0.2, 0) is 0 Å². The highest BCUT2D eigenvalue weighted by molar-refractivity contribution is 7.90. The molecule has 0 bridgehead atoms. The smallest absolute Gasteiger partial charge is 0.142 e. The van der Waals surface area contributed by atoms with Crippen molar-refractivity contribution in [3.63, 3.8) is 0 Å². The third-order valence-electron chi connectivity index (χ3n) is 3.05. The highest BCUT2D eigenvalue weighted by atomic mass is 32.1. The van der Waals surface area contributed by atoms with Gasteiger partial charge >= 0.3 is 0 Å². The lowest BCUT2D eigenvalue weighted by Gasteiger charge is -2.16. The van der Waals surface area contributed by atoms with Gasteiger partial charge in [0.1, 0.15) is 5.42 Å². The molecule has 0 amide bonds. The van der Waals surface area contributed by atoms with Crippen molar-refractivity contribution in [1.29, 1.82) is 0 Å². The van der Waals surface area contributed by atoms with E-state index in [1.165, 1.54) is 5.57 Å². The van der Waals surface area contributed by atoms with Crippen molar-refractivity contribution in [1.82, 2.24) is 0 Å². The Morgan fingerprint density at radius 1 is 1.47 bits per heavy atom. The Bertz CT molecular complexity index is 521. The molecule has 0 N–H and O–H groups in total. The standard InChI is InChI=1S/C15H20OS/c1-6-10(2)9-12(4)13(5)15(17)14-11(3)7-8-16-14/h6-9,12-13,17H,1,3H2,2,4-5H3/b10-9-,15-14-. The first-order chi connectivity index (χ1) is 7.97. The van der Waals surface area contributed by atoms with Crippen LogP contribution in [0.3, 0.4) is 0 Å². The molecule has 2 atom stereocenters. The Kier molecular flexibility index (Phi) is 4.88. The summed E-state index contributed by atoms with van der Waals surface area (Å²) in [6.45, 7) is 14.0. The number of hydrogen-bond acceptors (Lipinski definition) is 2. The first-order valence-electron chi connectivity index (χ1n) is 5.73. The average Bonchev–Trinajstić information content (AvgIpc) is 2.73. The lowest BCUT2D eigenvalue weighted by atomic mass is 9.93. The van der Waals surface area contributed by atoms with Crippen LogP contribution in [0.5, 0.6) is 0 Å². The molecular formula is C15H20OS. The fraction of sp³-hybridized carbons (Fsp3) is 0.333. The van der Waals surface area contributed by atoms with E-state index in [0.717, 1.165) is 15.5 Å². The van der Waals surface area contributed by atoms with Gasteiger partial charge < -0.3 is 4.42 Å². The number of hydrogen-bond donors (Lipinski definition) is 1. The fourth-order valence-electron chi connectivity index (χ4n) is 1.64. The van der Waals surface area contributed by atoms with Crippen LogP contribution >= 0.6 is 12.6 Å². The van der Waals surface area contributed by atoms with Crippen molar-refractivity contribution in [2.45, 2.75) is 20.8 Å². The van der Waals surface area contributed by atoms with Gasteiger partial charge in [-0.05, 0) is 24.8 Å². The third-order valence-corrected chi connectivity index (χ3v) is 3.66. The zero-order chi connectivity index (χ0) is 13.0. The van der Waals surface area contributed by atoms with Gasteiger partial charge in [0.25, 0.3) is 0 Å². The normalized spacial score (nSPS) is 17.5. The number of thiol groups is 1. The van der Waals surface area contributed by atoms with Crippen molar-refractivity contribution in [3.05, 3.63) is 47.3 Å². The molecule has 2 heteroatoms. The topological polar surface area (TPSA) is 13.1 Å². The van der Waals surface area contributed by atoms with Crippen LogP contribution in [0.15, 0.2) is 41.1 Å². The van der Waals surface area contributed by atoms with Gasteiger partial charge in [0.2, 0.25) is 0 Å². The second-order valence-electron chi connectivity index (χ2n) is 4.42. The van der Waals surface area contributed by atoms with Crippen LogP contribution in [0, 0.1) is 11.8 Å². The zero-order valence-corrected chi connectivity index (χ0v) is 11.6. The van der Waals surface area contributed by atoms with Gasteiger partial charge in [-0.15, -0.1) is 12.6 Å². The second kappa shape index (κ2) is 5.97. The van der Waals surface area contributed by atoms with E-state index in [4.69, 9.17) is 4.42 Å². The first kappa shape index (κ1) is 13.9. The lowest BCUT2D eigenvalue weighted by Crippen LogP contribution is -2.23. The van der Waals surface area contributed by atoms with Crippen molar-refractivity contribution in [3.8, 4) is 0 Å². The molecule has 2 unspecified atom stereocenters. The molecule has 1 heterocycles. The average molecular weight is 248 g/mol. The van der Waals surface area contributed by atoms with Crippen LogP contribution < -0.4 is 10.6 Å². The van der Waals surface area contributed by atoms with E-state index in [1.807, 2.05) is 19.1 Å². The number of allylic oxidation sites excluding steroid dienone is 3. The highest BCUT2D eigenvalue weighted by Crippen LogP contribution is 2.25. The van der Waals surface area contributed by atoms with E-state index < -0.39 is 0 Å². The predicted octanol–water partition coefficient (Wildman–Crippen LogP) is 3.13. The highest BCUT2D eigenvalue weighted by Gasteiger charge is 2.14. The third kappa shape index (κ3) is 3.40. The summed E-state index contributed by atoms with van der Waals surface area (Å²) in [5, 5.41) is 0.887. The quantitative estimate of drug-likeness (QED) is 0.638. The summed E-state index contributed by atoms with van der Waals surface area (Å²) in [5.41, 5.74) is 1.97. The maximum Gasteiger partial charge on any atom is 0.142 e. The predicted molar refractivity (Wildman–Crippen MR) is 78.2 cm³/mol. The zero-order valence-electron chi connectivity index (χ0n) is 10.7. The Morgan fingerprint density at radius 2 is 2.12 bits per heavy atom. The van der Waals surface area contributed by atoms with E-state index in [-0.39, 0.29) is 0 Å². The number of rotatable bonds is 4. The second-order valence-corrected chi connectivity index (χ2v) is 4.90. The first-order valence-corrected chi connectivity index (χ1v) is 6.18. The van der Waals surface area contributed by atoms with Crippen molar-refractivity contribution in [2.24, 2.45) is 11.8 Å². The Morgan fingerprint density at radius 3 is 2.59 bits per heavy atom. The van der Waals surface area contributed by atoms with Crippen molar-refractivity contribution >= 4 is 24.1 Å². The van der Waals surface area contributed by atoms with Crippen LogP contribution in [0.1, 0.15) is 20.8 Å². The SMILES string of the molecule is C=C/C(C)=C\C(C)C(C)/C(S)=c1/occc1=C. The lowest BCUT2D eigenvalue weighted by molar-refractivity contribution is 0.511. The minimum absolute atomic E-state index is 0.292. The maximum atomic E-state index is 5.41. The summed E-state index contributed by atoms with van der Waals surface area (Å²) < 4.78 is 5.41. The molecule has 0 spiro atoms. The van der Waals surface area contributed by atoms with Crippen molar-refractivity contribution in [2.75, 3.05) is 0 Å². The summed E-state index contributed by atoms with van der Waals surface area (Å²) in [6.07, 6.45) is 5.71. The molecule has 0 aromatic carbocycles. The van der Waals surface area contributed by atoms with Gasteiger partial charge in [-0.2, -0.15) is 0 Å². The summed E-state index contributed by atoms with van der Waals surface area (Å²) in [7, 11) is 0. The molecular weight excluding hydrogens is 228 g/mol. The van der Waals surface area contributed by atoms with E-state index in [2.05, 4.69) is 45.7 Å². The van der Waals surface area contributed by atoms with Gasteiger partial charge in [-0.1, -0.05) is 44.7 Å². The minimum atomic E-state index is 0.292. The van der Waals surface area contributed by atoms with Crippen LogP contribution in [0.25, 0.3) is 11.5 Å². The monoisotopic (exact) mass is 248 g/mol. The van der Waals surface area contributed by atoms with Crippen LogP contribution in [0.4, 0.5) is 0 Å². The molecule has 0 fully saturated rings. The van der Waals surface area contributed by atoms with E-state index >= 15 is 0 Å². The van der Waals surface area contributed by atoms with E-state index in [0.29, 0.717) is 11.8 Å². The van der Waals surface area contributed by atoms with Gasteiger partial charge in [0.15, 0.2) is 0 Å².